The molecule has 118 valence electrons. The van der Waals surface area contributed by atoms with Gasteiger partial charge < -0.3 is 9.84 Å². The largest absolute Gasteiger partial charge is 0.339 e. The van der Waals surface area contributed by atoms with Gasteiger partial charge in [0.25, 0.3) is 0 Å². The molecule has 1 saturated heterocycles. The van der Waals surface area contributed by atoms with Crippen molar-refractivity contribution in [3.63, 3.8) is 0 Å². The zero-order chi connectivity index (χ0) is 15.6. The quantitative estimate of drug-likeness (QED) is 0.778. The molecule has 1 spiro atoms. The number of hydrogen-bond donors (Lipinski definition) is 1. The van der Waals surface area contributed by atoms with Crippen molar-refractivity contribution in [1.29, 1.82) is 0 Å². The number of hydrogen-bond acceptors (Lipinski definition) is 6. The average molecular weight is 310 g/mol. The molecule has 0 bridgehead atoms. The summed E-state index contributed by atoms with van der Waals surface area (Å²) in [5.74, 6) is 1.74. The van der Waals surface area contributed by atoms with E-state index >= 15 is 0 Å². The first-order valence-electron chi connectivity index (χ1n) is 8.03. The van der Waals surface area contributed by atoms with E-state index in [1.807, 2.05) is 24.4 Å². The first kappa shape index (κ1) is 13.2. The van der Waals surface area contributed by atoms with Gasteiger partial charge in [-0.3, -0.25) is 0 Å². The summed E-state index contributed by atoms with van der Waals surface area (Å²) in [6.07, 6.45) is 4.11. The highest BCUT2D eigenvalue weighted by Gasteiger charge is 2.58. The van der Waals surface area contributed by atoms with Gasteiger partial charge in [0, 0.05) is 23.9 Å². The zero-order valence-electron chi connectivity index (χ0n) is 13.2. The van der Waals surface area contributed by atoms with E-state index in [-0.39, 0.29) is 0 Å². The third kappa shape index (κ3) is 1.86. The highest BCUT2D eigenvalue weighted by Crippen LogP contribution is 2.62. The van der Waals surface area contributed by atoms with Crippen LogP contribution in [0.15, 0.2) is 16.8 Å². The van der Waals surface area contributed by atoms with Gasteiger partial charge in [-0.25, -0.2) is 9.50 Å². The summed E-state index contributed by atoms with van der Waals surface area (Å²) >= 11 is 0. The van der Waals surface area contributed by atoms with Crippen LogP contribution in [0.2, 0.25) is 0 Å². The summed E-state index contributed by atoms with van der Waals surface area (Å²) in [7, 11) is 0. The Bertz CT molecular complexity index is 905. The van der Waals surface area contributed by atoms with Crippen LogP contribution in [-0.2, 0) is 0 Å². The molecule has 0 amide bonds. The normalized spacial score (nSPS) is 26.4. The summed E-state index contributed by atoms with van der Waals surface area (Å²) in [5.41, 5.74) is 3.96. The minimum Gasteiger partial charge on any atom is -0.339 e. The van der Waals surface area contributed by atoms with Crippen LogP contribution in [0.4, 0.5) is 0 Å². The number of nitrogens with one attached hydrogen (secondary N) is 1. The maximum Gasteiger partial charge on any atom is 0.230 e. The van der Waals surface area contributed by atoms with Gasteiger partial charge in [-0.15, -0.1) is 0 Å². The summed E-state index contributed by atoms with van der Waals surface area (Å²) in [5, 5.41) is 12.0. The van der Waals surface area contributed by atoms with Crippen molar-refractivity contribution < 1.29 is 4.52 Å². The van der Waals surface area contributed by atoms with Gasteiger partial charge in [-0.05, 0) is 44.7 Å². The number of fused-ring (bicyclic) bond motifs is 1. The Balaban J connectivity index is 1.54. The topological polar surface area (TPSA) is 81.1 Å². The molecule has 7 heteroatoms. The second-order valence-electron chi connectivity index (χ2n) is 6.83. The molecule has 7 nitrogen and oxygen atoms in total. The minimum absolute atomic E-state index is 0.357. The minimum atomic E-state index is 0.357. The van der Waals surface area contributed by atoms with Crippen molar-refractivity contribution in [2.75, 3.05) is 13.1 Å². The maximum absolute atomic E-state index is 5.55. The first-order valence-corrected chi connectivity index (χ1v) is 8.03. The van der Waals surface area contributed by atoms with Gasteiger partial charge in [-0.2, -0.15) is 10.1 Å². The monoisotopic (exact) mass is 310 g/mol. The predicted octanol–water partition coefficient (Wildman–Crippen LogP) is 1.86. The van der Waals surface area contributed by atoms with Crippen LogP contribution >= 0.6 is 0 Å². The molecule has 2 fully saturated rings. The lowest BCUT2D eigenvalue weighted by molar-refractivity contribution is 0.364. The lowest BCUT2D eigenvalue weighted by atomic mass is 10.0. The van der Waals surface area contributed by atoms with E-state index in [9.17, 15) is 0 Å². The maximum atomic E-state index is 5.55. The molecule has 5 rings (SSSR count). The number of aryl methyl sites for hydroxylation is 2. The molecular weight excluding hydrogens is 292 g/mol. The van der Waals surface area contributed by atoms with Crippen LogP contribution in [0.25, 0.3) is 17.0 Å². The van der Waals surface area contributed by atoms with Gasteiger partial charge in [0.2, 0.25) is 11.7 Å². The van der Waals surface area contributed by atoms with Crippen LogP contribution in [-0.4, -0.2) is 37.8 Å². The Kier molecular flexibility index (Phi) is 2.51. The molecule has 23 heavy (non-hydrogen) atoms. The second-order valence-corrected chi connectivity index (χ2v) is 6.83. The van der Waals surface area contributed by atoms with Crippen LogP contribution < -0.4 is 5.32 Å². The van der Waals surface area contributed by atoms with Gasteiger partial charge in [0.05, 0.1) is 11.8 Å². The van der Waals surface area contributed by atoms with E-state index in [1.165, 1.54) is 6.42 Å². The summed E-state index contributed by atoms with van der Waals surface area (Å²) in [4.78, 5) is 9.23. The van der Waals surface area contributed by atoms with Gasteiger partial charge in [-0.1, -0.05) is 5.16 Å². The molecule has 2 atom stereocenters. The third-order valence-corrected chi connectivity index (χ3v) is 5.23. The summed E-state index contributed by atoms with van der Waals surface area (Å²) in [6, 6.07) is 2.01. The fourth-order valence-corrected chi connectivity index (χ4v) is 3.85. The lowest BCUT2D eigenvalue weighted by Gasteiger charge is -2.02. The molecule has 1 saturated carbocycles. The smallest absolute Gasteiger partial charge is 0.230 e. The van der Waals surface area contributed by atoms with E-state index in [4.69, 9.17) is 4.52 Å². The van der Waals surface area contributed by atoms with Crippen molar-refractivity contribution in [1.82, 2.24) is 30.1 Å². The summed E-state index contributed by atoms with van der Waals surface area (Å²) < 4.78 is 7.37. The van der Waals surface area contributed by atoms with Crippen LogP contribution in [0.3, 0.4) is 0 Å². The Hall–Kier alpha value is -2.28. The van der Waals surface area contributed by atoms with E-state index in [2.05, 4.69) is 25.5 Å². The Morgan fingerprint density at radius 2 is 2.26 bits per heavy atom. The second kappa shape index (κ2) is 4.38. The Morgan fingerprint density at radius 1 is 1.35 bits per heavy atom. The van der Waals surface area contributed by atoms with E-state index < -0.39 is 0 Å². The molecule has 2 unspecified atom stereocenters. The predicted molar refractivity (Wildman–Crippen MR) is 83.0 cm³/mol. The van der Waals surface area contributed by atoms with Crippen molar-refractivity contribution in [2.24, 2.45) is 5.41 Å². The lowest BCUT2D eigenvalue weighted by Crippen LogP contribution is -2.10. The Morgan fingerprint density at radius 3 is 3.09 bits per heavy atom. The molecule has 2 aliphatic rings. The molecule has 3 aromatic heterocycles. The fourth-order valence-electron chi connectivity index (χ4n) is 3.85. The van der Waals surface area contributed by atoms with Gasteiger partial charge in [0.1, 0.15) is 0 Å². The van der Waals surface area contributed by atoms with Crippen molar-refractivity contribution in [3.05, 3.63) is 29.5 Å². The van der Waals surface area contributed by atoms with E-state index in [0.29, 0.717) is 17.2 Å². The van der Waals surface area contributed by atoms with Crippen molar-refractivity contribution in [2.45, 2.75) is 32.6 Å². The van der Waals surface area contributed by atoms with Crippen LogP contribution in [0.5, 0.6) is 0 Å². The number of nitrogens with zero attached hydrogens (tertiary/aromatic N) is 5. The van der Waals surface area contributed by atoms with Gasteiger partial charge >= 0.3 is 0 Å². The molecule has 4 heterocycles. The number of rotatable bonds is 2. The van der Waals surface area contributed by atoms with E-state index in [1.54, 1.807) is 6.20 Å². The molecule has 0 aromatic carbocycles. The molecule has 1 aliphatic heterocycles. The average Bonchev–Trinajstić information content (AvgIpc) is 2.96. The van der Waals surface area contributed by atoms with Gasteiger partial charge in [0.15, 0.2) is 5.65 Å². The van der Waals surface area contributed by atoms with E-state index in [0.717, 1.165) is 48.0 Å². The molecular formula is C16H18N6O. The Labute approximate surface area is 133 Å². The highest BCUT2D eigenvalue weighted by molar-refractivity contribution is 5.72. The van der Waals surface area contributed by atoms with Crippen LogP contribution in [0.1, 0.15) is 36.0 Å². The highest BCUT2D eigenvalue weighted by atomic mass is 16.5. The standard InChI is InChI=1S/C16H18N6O/c1-9-5-10(2)22-14(19-9)11(7-18-22)13-20-15(23-21-13)12-6-16(12)3-4-17-8-16/h5,7,12,17H,3-4,6,8H2,1-2H3. The van der Waals surface area contributed by atoms with Crippen molar-refractivity contribution >= 4 is 5.65 Å². The molecule has 3 aromatic rings. The van der Waals surface area contributed by atoms with Crippen LogP contribution in [0, 0.1) is 19.3 Å². The fraction of sp³-hybridized carbons (Fsp3) is 0.500. The first-order chi connectivity index (χ1) is 11.2. The summed E-state index contributed by atoms with van der Waals surface area (Å²) in [6.45, 7) is 6.15. The SMILES string of the molecule is Cc1cc(C)n2ncc(-c3noc(C4CC45CCNC5)n3)c2n1. The molecule has 1 aliphatic carbocycles. The molecule has 0 radical (unpaired) electrons. The van der Waals surface area contributed by atoms with Crippen molar-refractivity contribution in [3.8, 4) is 11.4 Å². The number of aromatic nitrogens is 5. The zero-order valence-corrected chi connectivity index (χ0v) is 13.2. The molecule has 1 N–H and O–H groups in total. The third-order valence-electron chi connectivity index (χ3n) is 5.23.